The van der Waals surface area contributed by atoms with Gasteiger partial charge in [-0.3, -0.25) is 9.59 Å². The molecule has 6 nitrogen and oxygen atoms in total. The molecule has 0 fully saturated rings. The van der Waals surface area contributed by atoms with Crippen molar-refractivity contribution in [3.05, 3.63) is 11.2 Å². The Morgan fingerprint density at radius 2 is 2.53 bits per heavy atom. The summed E-state index contributed by atoms with van der Waals surface area (Å²) >= 11 is 5.76. The number of hydrogen-bond acceptors (Lipinski definition) is 3. The molecule has 7 heteroatoms. The smallest absolute Gasteiger partial charge is 0.304 e. The van der Waals surface area contributed by atoms with E-state index in [0.717, 1.165) is 0 Å². The zero-order valence-electron chi connectivity index (χ0n) is 7.61. The number of nitrogens with zero attached hydrogens (tertiary/aromatic N) is 2. The van der Waals surface area contributed by atoms with Crippen molar-refractivity contribution in [2.45, 2.75) is 13.0 Å². The summed E-state index contributed by atoms with van der Waals surface area (Å²) in [6.45, 7) is 0.250. The van der Waals surface area contributed by atoms with Crippen molar-refractivity contribution in [2.24, 2.45) is 5.92 Å². The molecule has 2 heterocycles. The number of hydrogen-bond donors (Lipinski definition) is 2. The summed E-state index contributed by atoms with van der Waals surface area (Å²) in [6, 6.07) is 0. The van der Waals surface area contributed by atoms with Crippen molar-refractivity contribution < 1.29 is 14.7 Å². The van der Waals surface area contributed by atoms with Crippen LogP contribution < -0.4 is 5.32 Å². The second kappa shape index (κ2) is 3.54. The van der Waals surface area contributed by atoms with Crippen molar-refractivity contribution >= 4 is 29.3 Å². The first-order chi connectivity index (χ1) is 7.08. The molecule has 1 amide bonds. The Morgan fingerprint density at radius 1 is 1.80 bits per heavy atom. The maximum absolute atomic E-state index is 11.5. The standard InChI is InChI=1S/C8H8ClN3O3/c9-5-2-10-12-3-4(1-6(13)14)8(15)11-7(5)12/h2,4H,1,3H2,(H,11,15)(H,13,14). The molecule has 0 aliphatic carbocycles. The van der Waals surface area contributed by atoms with Gasteiger partial charge < -0.3 is 10.4 Å². The monoisotopic (exact) mass is 229 g/mol. The van der Waals surface area contributed by atoms with Crippen molar-refractivity contribution in [1.82, 2.24) is 9.78 Å². The van der Waals surface area contributed by atoms with Crippen molar-refractivity contribution in [2.75, 3.05) is 5.32 Å². The zero-order valence-corrected chi connectivity index (χ0v) is 8.36. The predicted molar refractivity (Wildman–Crippen MR) is 51.6 cm³/mol. The van der Waals surface area contributed by atoms with Gasteiger partial charge in [0.25, 0.3) is 0 Å². The molecule has 0 aromatic carbocycles. The highest BCUT2D eigenvalue weighted by molar-refractivity contribution is 6.33. The van der Waals surface area contributed by atoms with Crippen LogP contribution in [-0.2, 0) is 16.1 Å². The average molecular weight is 230 g/mol. The Balaban J connectivity index is 2.23. The van der Waals surface area contributed by atoms with Gasteiger partial charge in [0, 0.05) is 0 Å². The van der Waals surface area contributed by atoms with Gasteiger partial charge >= 0.3 is 5.97 Å². The van der Waals surface area contributed by atoms with Crippen molar-refractivity contribution in [3.8, 4) is 0 Å². The molecule has 1 aromatic heterocycles. The normalized spacial score (nSPS) is 19.5. The van der Waals surface area contributed by atoms with E-state index in [1.807, 2.05) is 0 Å². The minimum absolute atomic E-state index is 0.206. The van der Waals surface area contributed by atoms with Crippen molar-refractivity contribution in [1.29, 1.82) is 0 Å². The molecule has 0 spiro atoms. The fraction of sp³-hybridized carbons (Fsp3) is 0.375. The first-order valence-electron chi connectivity index (χ1n) is 4.32. The summed E-state index contributed by atoms with van der Waals surface area (Å²) in [7, 11) is 0. The van der Waals surface area contributed by atoms with Gasteiger partial charge in [-0.2, -0.15) is 5.10 Å². The highest BCUT2D eigenvalue weighted by Gasteiger charge is 2.29. The Morgan fingerprint density at radius 3 is 3.20 bits per heavy atom. The van der Waals surface area contributed by atoms with Gasteiger partial charge in [-0.05, 0) is 0 Å². The minimum Gasteiger partial charge on any atom is -0.481 e. The molecule has 2 N–H and O–H groups in total. The SMILES string of the molecule is O=C(O)CC1Cn2ncc(Cl)c2NC1=O. The van der Waals surface area contributed by atoms with E-state index in [2.05, 4.69) is 10.4 Å². The van der Waals surface area contributed by atoms with Gasteiger partial charge in [-0.1, -0.05) is 11.6 Å². The predicted octanol–water partition coefficient (Wildman–Crippen LogP) is 0.579. The van der Waals surface area contributed by atoms with E-state index < -0.39 is 11.9 Å². The van der Waals surface area contributed by atoms with E-state index in [1.165, 1.54) is 10.9 Å². The lowest BCUT2D eigenvalue weighted by atomic mass is 10.0. The maximum atomic E-state index is 11.5. The van der Waals surface area contributed by atoms with Crippen LogP contribution >= 0.6 is 11.6 Å². The number of carbonyl (C=O) groups is 2. The minimum atomic E-state index is -1.00. The number of halogens is 1. The third kappa shape index (κ3) is 1.80. The van der Waals surface area contributed by atoms with E-state index in [9.17, 15) is 9.59 Å². The van der Waals surface area contributed by atoms with E-state index in [-0.39, 0.29) is 18.9 Å². The molecule has 0 bridgehead atoms. The molecule has 15 heavy (non-hydrogen) atoms. The molecule has 1 unspecified atom stereocenters. The lowest BCUT2D eigenvalue weighted by Crippen LogP contribution is -2.35. The van der Waals surface area contributed by atoms with Gasteiger partial charge in [-0.15, -0.1) is 0 Å². The molecular weight excluding hydrogens is 222 g/mol. The van der Waals surface area contributed by atoms with Crippen LogP contribution in [0.4, 0.5) is 5.82 Å². The van der Waals surface area contributed by atoms with Crippen LogP contribution in [0.5, 0.6) is 0 Å². The highest BCUT2D eigenvalue weighted by atomic mass is 35.5. The summed E-state index contributed by atoms with van der Waals surface area (Å²) in [5.41, 5.74) is 0. The Labute approximate surface area is 89.8 Å². The molecule has 0 saturated heterocycles. The summed E-state index contributed by atoms with van der Waals surface area (Å²) < 4.78 is 1.50. The van der Waals surface area contributed by atoms with Crippen LogP contribution in [0, 0.1) is 5.92 Å². The number of aromatic nitrogens is 2. The third-order valence-electron chi connectivity index (χ3n) is 2.22. The number of nitrogens with one attached hydrogen (secondary N) is 1. The fourth-order valence-electron chi connectivity index (χ4n) is 1.50. The van der Waals surface area contributed by atoms with Gasteiger partial charge in [0.15, 0.2) is 0 Å². The molecule has 1 atom stereocenters. The van der Waals surface area contributed by atoms with Crippen LogP contribution in [0.1, 0.15) is 6.42 Å². The molecule has 1 aromatic rings. The largest absolute Gasteiger partial charge is 0.481 e. The first kappa shape index (κ1) is 9.97. The average Bonchev–Trinajstić information content (AvgIpc) is 2.48. The van der Waals surface area contributed by atoms with Gasteiger partial charge in [-0.25, -0.2) is 4.68 Å². The number of rotatable bonds is 2. The summed E-state index contributed by atoms with van der Waals surface area (Å²) in [6.07, 6.45) is 1.21. The Bertz CT molecular complexity index is 429. The number of anilines is 1. The molecule has 0 saturated carbocycles. The lowest BCUT2D eigenvalue weighted by molar-refractivity contribution is -0.140. The number of carboxylic acids is 1. The number of fused-ring (bicyclic) bond motifs is 1. The van der Waals surface area contributed by atoms with Crippen molar-refractivity contribution in [3.63, 3.8) is 0 Å². The summed E-state index contributed by atoms with van der Waals surface area (Å²) in [5.74, 6) is -1.49. The zero-order chi connectivity index (χ0) is 11.0. The van der Waals surface area contributed by atoms with Gasteiger partial charge in [0.2, 0.25) is 5.91 Å². The van der Waals surface area contributed by atoms with Gasteiger partial charge in [0.1, 0.15) is 10.8 Å². The molecule has 1 aliphatic heterocycles. The topological polar surface area (TPSA) is 84.2 Å². The Hall–Kier alpha value is -1.56. The second-order valence-electron chi connectivity index (χ2n) is 3.31. The third-order valence-corrected chi connectivity index (χ3v) is 2.50. The Kier molecular flexibility index (Phi) is 2.36. The summed E-state index contributed by atoms with van der Waals surface area (Å²) in [5, 5.41) is 15.4. The summed E-state index contributed by atoms with van der Waals surface area (Å²) in [4.78, 5) is 22.0. The fourth-order valence-corrected chi connectivity index (χ4v) is 1.69. The quantitative estimate of drug-likeness (QED) is 0.777. The number of carboxylic acid groups (broad SMARTS) is 1. The second-order valence-corrected chi connectivity index (χ2v) is 3.71. The van der Waals surface area contributed by atoms with Crippen LogP contribution in [0.2, 0.25) is 5.02 Å². The highest BCUT2D eigenvalue weighted by Crippen LogP contribution is 2.27. The van der Waals surface area contributed by atoms with Crippen LogP contribution in [0.3, 0.4) is 0 Å². The van der Waals surface area contributed by atoms with E-state index in [1.54, 1.807) is 0 Å². The van der Waals surface area contributed by atoms with E-state index >= 15 is 0 Å². The molecule has 80 valence electrons. The molecule has 1 aliphatic rings. The van der Waals surface area contributed by atoms with Crippen LogP contribution in [0.25, 0.3) is 0 Å². The van der Waals surface area contributed by atoms with Gasteiger partial charge in [0.05, 0.1) is 25.1 Å². The van der Waals surface area contributed by atoms with E-state index in [0.29, 0.717) is 10.8 Å². The molecule has 0 radical (unpaired) electrons. The first-order valence-corrected chi connectivity index (χ1v) is 4.69. The number of amides is 1. The number of carbonyl (C=O) groups excluding carboxylic acids is 1. The van der Waals surface area contributed by atoms with E-state index in [4.69, 9.17) is 16.7 Å². The lowest BCUT2D eigenvalue weighted by Gasteiger charge is -2.22. The number of aliphatic carboxylic acids is 1. The van der Waals surface area contributed by atoms with Crippen LogP contribution in [-0.4, -0.2) is 26.8 Å². The molecule has 2 rings (SSSR count). The maximum Gasteiger partial charge on any atom is 0.304 e. The van der Waals surface area contributed by atoms with Crippen LogP contribution in [0.15, 0.2) is 6.20 Å². The molecular formula is C8H8ClN3O3.